The number of hydrogen-bond donors (Lipinski definition) is 0. The van der Waals surface area contributed by atoms with Crippen molar-refractivity contribution in [1.82, 2.24) is 4.90 Å². The first-order valence-electron chi connectivity index (χ1n) is 9.59. The second-order valence-electron chi connectivity index (χ2n) is 7.55. The van der Waals surface area contributed by atoms with Crippen LogP contribution in [0.5, 0.6) is 0 Å². The van der Waals surface area contributed by atoms with Crippen molar-refractivity contribution in [1.29, 1.82) is 0 Å². The number of aliphatic imine (C=N–C) groups is 2. The van der Waals surface area contributed by atoms with Crippen molar-refractivity contribution in [2.24, 2.45) is 9.98 Å². The summed E-state index contributed by atoms with van der Waals surface area (Å²) in [6, 6.07) is 5.25. The van der Waals surface area contributed by atoms with Crippen molar-refractivity contribution in [3.63, 3.8) is 0 Å². The number of nitrogens with zero attached hydrogens (tertiary/aromatic N) is 3. The molecule has 0 radical (unpaired) electrons. The summed E-state index contributed by atoms with van der Waals surface area (Å²) in [6.45, 7) is 6.41. The fraction of sp³-hybridized carbons (Fsp3) is 0.364. The maximum atomic E-state index is 13.4. The van der Waals surface area contributed by atoms with Crippen LogP contribution in [-0.4, -0.2) is 30.2 Å². The summed E-state index contributed by atoms with van der Waals surface area (Å²) in [5.41, 5.74) is 0.000430. The van der Waals surface area contributed by atoms with Crippen molar-refractivity contribution in [2.75, 3.05) is 13.1 Å². The Kier molecular flexibility index (Phi) is 6.16. The van der Waals surface area contributed by atoms with E-state index in [1.165, 1.54) is 11.2 Å². The largest absolute Gasteiger partial charge is 0.416 e. The third-order valence-corrected chi connectivity index (χ3v) is 4.88. The van der Waals surface area contributed by atoms with E-state index >= 15 is 0 Å². The van der Waals surface area contributed by atoms with E-state index in [4.69, 9.17) is 0 Å². The van der Waals surface area contributed by atoms with Gasteiger partial charge < -0.3 is 4.90 Å². The van der Waals surface area contributed by atoms with E-state index in [9.17, 15) is 26.3 Å². The van der Waals surface area contributed by atoms with E-state index in [2.05, 4.69) is 9.98 Å². The first-order chi connectivity index (χ1) is 14.4. The average molecular weight is 441 g/mol. The number of hydrogen-bond acceptors (Lipinski definition) is 2. The molecule has 1 aliphatic heterocycles. The molecule has 3 nitrogen and oxygen atoms in total. The molecule has 2 aromatic carbocycles. The lowest BCUT2D eigenvalue weighted by Gasteiger charge is -2.26. The second kappa shape index (κ2) is 8.36. The molecule has 0 spiro atoms. The number of halogens is 6. The molecule has 0 fully saturated rings. The zero-order chi connectivity index (χ0) is 23.0. The Morgan fingerprint density at radius 2 is 1.42 bits per heavy atom. The minimum Gasteiger partial charge on any atom is -0.317 e. The highest BCUT2D eigenvalue weighted by molar-refractivity contribution is 6.06. The highest BCUT2D eigenvalue weighted by atomic mass is 19.4. The maximum Gasteiger partial charge on any atom is 0.416 e. The van der Waals surface area contributed by atoms with Crippen molar-refractivity contribution < 1.29 is 26.3 Å². The van der Waals surface area contributed by atoms with Crippen molar-refractivity contribution in [3.05, 3.63) is 63.7 Å². The van der Waals surface area contributed by atoms with Crippen LogP contribution in [0.15, 0.2) is 40.3 Å². The lowest BCUT2D eigenvalue weighted by molar-refractivity contribution is -0.143. The minimum absolute atomic E-state index is 0.00453. The summed E-state index contributed by atoms with van der Waals surface area (Å²) in [7, 11) is 0. The Labute approximate surface area is 176 Å². The Hall–Kier alpha value is -2.84. The van der Waals surface area contributed by atoms with Crippen LogP contribution in [-0.2, 0) is 12.4 Å². The number of amidine groups is 1. The Morgan fingerprint density at radius 1 is 0.871 bits per heavy atom. The van der Waals surface area contributed by atoms with Crippen molar-refractivity contribution in [2.45, 2.75) is 39.5 Å². The number of aryl methyl sites for hydroxylation is 3. The Morgan fingerprint density at radius 3 is 1.87 bits per heavy atom. The summed E-state index contributed by atoms with van der Waals surface area (Å²) in [6.07, 6.45) is -7.86. The van der Waals surface area contributed by atoms with Crippen LogP contribution in [0.1, 0.15) is 39.8 Å². The third-order valence-electron chi connectivity index (χ3n) is 4.88. The zero-order valence-electron chi connectivity index (χ0n) is 17.2. The molecule has 0 aromatic heterocycles. The third kappa shape index (κ3) is 5.26. The van der Waals surface area contributed by atoms with Crippen LogP contribution < -0.4 is 0 Å². The lowest BCUT2D eigenvalue weighted by Crippen LogP contribution is -2.34. The van der Waals surface area contributed by atoms with Crippen LogP contribution in [0.3, 0.4) is 0 Å². The topological polar surface area (TPSA) is 28.0 Å². The minimum atomic E-state index is -4.94. The fourth-order valence-electron chi connectivity index (χ4n) is 3.54. The molecule has 0 saturated carbocycles. The van der Waals surface area contributed by atoms with Gasteiger partial charge in [-0.2, -0.15) is 26.3 Å². The standard InChI is InChI=1S/C22H21F6N3/c1-13-7-14(2)19(15(3)8-13)30-20(31-6-4-5-29-12-31)16-9-17(21(23,24)25)11-18(10-16)22(26,27)28/h7-12H,4-6H2,1-3H3/b30-20+. The van der Waals surface area contributed by atoms with Gasteiger partial charge in [0, 0.05) is 18.7 Å². The zero-order valence-corrected chi connectivity index (χ0v) is 17.2. The van der Waals surface area contributed by atoms with Crippen LogP contribution in [0.4, 0.5) is 32.0 Å². The molecule has 0 bridgehead atoms. The molecule has 166 valence electrons. The predicted octanol–water partition coefficient (Wildman–Crippen LogP) is 6.46. The molecule has 0 atom stereocenters. The fourth-order valence-corrected chi connectivity index (χ4v) is 3.54. The van der Waals surface area contributed by atoms with Crippen molar-refractivity contribution >= 4 is 17.9 Å². The van der Waals surface area contributed by atoms with E-state index in [0.717, 1.165) is 16.7 Å². The summed E-state index contributed by atoms with van der Waals surface area (Å²) in [5, 5.41) is 0. The summed E-state index contributed by atoms with van der Waals surface area (Å²) < 4.78 is 80.4. The highest BCUT2D eigenvalue weighted by Gasteiger charge is 2.37. The molecule has 0 amide bonds. The predicted molar refractivity (Wildman–Crippen MR) is 108 cm³/mol. The van der Waals surface area contributed by atoms with Crippen LogP contribution in [0, 0.1) is 20.8 Å². The highest BCUT2D eigenvalue weighted by Crippen LogP contribution is 2.37. The van der Waals surface area contributed by atoms with Gasteiger partial charge in [0.15, 0.2) is 0 Å². The number of rotatable bonds is 2. The molecular formula is C22H21F6N3. The number of alkyl halides is 6. The van der Waals surface area contributed by atoms with Gasteiger partial charge in [-0.15, -0.1) is 0 Å². The molecule has 1 heterocycles. The molecule has 2 aromatic rings. The van der Waals surface area contributed by atoms with Gasteiger partial charge in [-0.25, -0.2) is 4.99 Å². The molecule has 1 aliphatic rings. The van der Waals surface area contributed by atoms with E-state index < -0.39 is 23.5 Å². The van der Waals surface area contributed by atoms with Gasteiger partial charge in [-0.1, -0.05) is 17.7 Å². The molecule has 31 heavy (non-hydrogen) atoms. The van der Waals surface area contributed by atoms with Gasteiger partial charge in [-0.05, 0) is 56.5 Å². The smallest absolute Gasteiger partial charge is 0.317 e. The van der Waals surface area contributed by atoms with E-state index in [0.29, 0.717) is 37.3 Å². The molecule has 0 aliphatic carbocycles. The normalized spacial score (nSPS) is 15.5. The van der Waals surface area contributed by atoms with Gasteiger partial charge >= 0.3 is 12.4 Å². The summed E-state index contributed by atoms with van der Waals surface area (Å²) in [5.74, 6) is -0.00453. The van der Waals surface area contributed by atoms with Crippen LogP contribution in [0.2, 0.25) is 0 Å². The Balaban J connectivity index is 2.28. The van der Waals surface area contributed by atoms with E-state index in [-0.39, 0.29) is 17.5 Å². The molecular weight excluding hydrogens is 420 g/mol. The van der Waals surface area contributed by atoms with Crippen molar-refractivity contribution in [3.8, 4) is 0 Å². The average Bonchev–Trinajstić information content (AvgIpc) is 2.66. The van der Waals surface area contributed by atoms with Gasteiger partial charge in [0.1, 0.15) is 5.84 Å². The van der Waals surface area contributed by atoms with Crippen LogP contribution >= 0.6 is 0 Å². The van der Waals surface area contributed by atoms with Gasteiger partial charge in [-0.3, -0.25) is 4.99 Å². The van der Waals surface area contributed by atoms with Gasteiger partial charge in [0.05, 0.1) is 23.2 Å². The molecule has 0 saturated heterocycles. The first kappa shape index (κ1) is 22.8. The lowest BCUT2D eigenvalue weighted by atomic mass is 10.0. The van der Waals surface area contributed by atoms with E-state index in [1.807, 2.05) is 19.1 Å². The molecule has 0 N–H and O–H groups in total. The van der Waals surface area contributed by atoms with E-state index in [1.54, 1.807) is 13.8 Å². The second-order valence-corrected chi connectivity index (χ2v) is 7.55. The monoisotopic (exact) mass is 441 g/mol. The molecule has 0 unspecified atom stereocenters. The molecule has 3 rings (SSSR count). The molecule has 9 heteroatoms. The quantitative estimate of drug-likeness (QED) is 0.299. The first-order valence-corrected chi connectivity index (χ1v) is 9.59. The Bertz CT molecular complexity index is 979. The van der Waals surface area contributed by atoms with Gasteiger partial charge in [0.2, 0.25) is 0 Å². The summed E-state index contributed by atoms with van der Waals surface area (Å²) in [4.78, 5) is 10.2. The number of benzene rings is 2. The SMILES string of the molecule is Cc1cc(C)c(/N=C(\c2cc(C(F)(F)F)cc(C(F)(F)F)c2)N2C=NCCC2)c(C)c1. The van der Waals surface area contributed by atoms with Crippen LogP contribution in [0.25, 0.3) is 0 Å². The van der Waals surface area contributed by atoms with Gasteiger partial charge in [0.25, 0.3) is 0 Å². The maximum absolute atomic E-state index is 13.4. The summed E-state index contributed by atoms with van der Waals surface area (Å²) >= 11 is 0.